The molecule has 0 aliphatic rings. The van der Waals surface area contributed by atoms with Crippen molar-refractivity contribution in [1.82, 2.24) is 4.98 Å². The van der Waals surface area contributed by atoms with E-state index >= 15 is 0 Å². The number of methoxy groups -OCH3 is 1. The van der Waals surface area contributed by atoms with E-state index in [0.717, 1.165) is 16.6 Å². The van der Waals surface area contributed by atoms with Crippen LogP contribution >= 0.6 is 11.6 Å². The highest BCUT2D eigenvalue weighted by Gasteiger charge is 2.13. The van der Waals surface area contributed by atoms with E-state index in [1.807, 2.05) is 25.1 Å². The maximum absolute atomic E-state index is 10.8. The van der Waals surface area contributed by atoms with Crippen molar-refractivity contribution in [2.45, 2.75) is 13.0 Å². The largest absolute Gasteiger partial charge is 0.494 e. The minimum absolute atomic E-state index is 0.0677. The van der Waals surface area contributed by atoms with Gasteiger partial charge in [-0.1, -0.05) is 35.9 Å². The van der Waals surface area contributed by atoms with E-state index in [-0.39, 0.29) is 11.7 Å². The monoisotopic (exact) mass is 357 g/mol. The minimum atomic E-state index is -0.412. The molecule has 25 heavy (non-hydrogen) atoms. The second-order valence-corrected chi connectivity index (χ2v) is 5.95. The summed E-state index contributed by atoms with van der Waals surface area (Å²) in [5, 5.41) is 15.4. The number of benzene rings is 2. The lowest BCUT2D eigenvalue weighted by Gasteiger charge is -2.18. The number of aromatic nitrogens is 1. The molecule has 1 atom stereocenters. The molecule has 0 aliphatic heterocycles. The summed E-state index contributed by atoms with van der Waals surface area (Å²) in [5.74, 6) is 0.644. The van der Waals surface area contributed by atoms with Crippen LogP contribution in [0.15, 0.2) is 48.5 Å². The number of hydrogen-bond donors (Lipinski definition) is 1. The molecule has 0 saturated heterocycles. The highest BCUT2D eigenvalue weighted by molar-refractivity contribution is 6.30. The molecular weight excluding hydrogens is 342 g/mol. The van der Waals surface area contributed by atoms with Crippen LogP contribution in [0, 0.1) is 10.1 Å². The van der Waals surface area contributed by atoms with Crippen LogP contribution in [0.2, 0.25) is 5.15 Å². The van der Waals surface area contributed by atoms with E-state index in [9.17, 15) is 10.1 Å². The minimum Gasteiger partial charge on any atom is -0.494 e. The molecule has 7 heteroatoms. The predicted octanol–water partition coefficient (Wildman–Crippen LogP) is 4.98. The topological polar surface area (TPSA) is 77.3 Å². The molecule has 0 fully saturated rings. The van der Waals surface area contributed by atoms with Gasteiger partial charge in [0.2, 0.25) is 0 Å². The fraction of sp³-hybridized carbons (Fsp3) is 0.167. The van der Waals surface area contributed by atoms with Gasteiger partial charge in [-0.25, -0.2) is 4.98 Å². The van der Waals surface area contributed by atoms with Gasteiger partial charge in [-0.2, -0.15) is 0 Å². The Morgan fingerprint density at radius 3 is 2.60 bits per heavy atom. The summed E-state index contributed by atoms with van der Waals surface area (Å²) >= 11 is 6.16. The number of ether oxygens (including phenoxy) is 1. The molecule has 0 spiro atoms. The Balaban J connectivity index is 1.95. The van der Waals surface area contributed by atoms with E-state index in [2.05, 4.69) is 10.3 Å². The molecule has 0 bridgehead atoms. The molecule has 3 aromatic rings. The zero-order chi connectivity index (χ0) is 18.0. The number of anilines is 1. The standard InChI is InChI=1S/C18H16ClN3O3/c1-11(12-6-8-13(9-7-12)22(23)24)20-15-10-17(19)21-18-14(15)4-3-5-16(18)25-2/h3-11H,1-2H3,(H,20,21). The van der Waals surface area contributed by atoms with Crippen LogP contribution in [0.5, 0.6) is 5.75 Å². The Kier molecular flexibility index (Phi) is 4.72. The fourth-order valence-corrected chi connectivity index (χ4v) is 2.87. The smallest absolute Gasteiger partial charge is 0.269 e. The first-order valence-electron chi connectivity index (χ1n) is 7.63. The molecule has 1 aromatic heterocycles. The Labute approximate surface area is 149 Å². The number of fused-ring (bicyclic) bond motifs is 1. The second kappa shape index (κ2) is 6.94. The van der Waals surface area contributed by atoms with Crippen molar-refractivity contribution >= 4 is 33.9 Å². The van der Waals surface area contributed by atoms with Crippen LogP contribution in [0.1, 0.15) is 18.5 Å². The molecule has 1 N–H and O–H groups in total. The van der Waals surface area contributed by atoms with Gasteiger partial charge in [0.05, 0.1) is 12.0 Å². The van der Waals surface area contributed by atoms with Gasteiger partial charge in [0.1, 0.15) is 16.4 Å². The Morgan fingerprint density at radius 2 is 1.96 bits per heavy atom. The number of rotatable bonds is 5. The highest BCUT2D eigenvalue weighted by atomic mass is 35.5. The van der Waals surface area contributed by atoms with Crippen LogP contribution in [0.25, 0.3) is 10.9 Å². The van der Waals surface area contributed by atoms with Crippen molar-refractivity contribution in [2.75, 3.05) is 12.4 Å². The fourth-order valence-electron chi connectivity index (χ4n) is 2.68. The first kappa shape index (κ1) is 17.0. The first-order valence-corrected chi connectivity index (χ1v) is 8.01. The molecule has 0 radical (unpaired) electrons. The van der Waals surface area contributed by atoms with Crippen LogP contribution in [0.4, 0.5) is 11.4 Å². The summed E-state index contributed by atoms with van der Waals surface area (Å²) in [6.45, 7) is 1.97. The third-order valence-corrected chi connectivity index (χ3v) is 4.16. The molecule has 0 amide bonds. The van der Waals surface area contributed by atoms with Gasteiger partial charge in [-0.3, -0.25) is 10.1 Å². The van der Waals surface area contributed by atoms with E-state index in [1.165, 1.54) is 12.1 Å². The summed E-state index contributed by atoms with van der Waals surface area (Å²) in [7, 11) is 1.59. The summed E-state index contributed by atoms with van der Waals surface area (Å²) in [6, 6.07) is 13.8. The van der Waals surface area contributed by atoms with E-state index in [0.29, 0.717) is 16.4 Å². The predicted molar refractivity (Wildman–Crippen MR) is 98.4 cm³/mol. The number of nitro benzene ring substituents is 1. The average molecular weight is 358 g/mol. The second-order valence-electron chi connectivity index (χ2n) is 5.56. The molecule has 1 heterocycles. The van der Waals surface area contributed by atoms with Crippen LogP contribution in [0.3, 0.4) is 0 Å². The molecule has 3 rings (SSSR count). The van der Waals surface area contributed by atoms with Crippen molar-refractivity contribution < 1.29 is 9.66 Å². The van der Waals surface area contributed by atoms with Crippen LogP contribution in [-0.4, -0.2) is 17.0 Å². The number of pyridine rings is 1. The number of nitrogens with one attached hydrogen (secondary N) is 1. The molecular formula is C18H16ClN3O3. The van der Waals surface area contributed by atoms with Crippen molar-refractivity contribution in [2.24, 2.45) is 0 Å². The zero-order valence-electron chi connectivity index (χ0n) is 13.7. The van der Waals surface area contributed by atoms with E-state index < -0.39 is 4.92 Å². The molecule has 128 valence electrons. The molecule has 2 aromatic carbocycles. The first-order chi connectivity index (χ1) is 12.0. The molecule has 0 aliphatic carbocycles. The molecule has 0 saturated carbocycles. The lowest BCUT2D eigenvalue weighted by molar-refractivity contribution is -0.384. The SMILES string of the molecule is COc1cccc2c(NC(C)c3ccc([N+](=O)[O-])cc3)cc(Cl)nc12. The number of para-hydroxylation sites is 1. The van der Waals surface area contributed by atoms with Gasteiger partial charge in [0, 0.05) is 29.2 Å². The van der Waals surface area contributed by atoms with E-state index in [4.69, 9.17) is 16.3 Å². The summed E-state index contributed by atoms with van der Waals surface area (Å²) in [4.78, 5) is 14.7. The third-order valence-electron chi connectivity index (χ3n) is 3.97. The quantitative estimate of drug-likeness (QED) is 0.396. The summed E-state index contributed by atoms with van der Waals surface area (Å²) < 4.78 is 5.35. The maximum atomic E-state index is 10.8. The van der Waals surface area contributed by atoms with Crippen molar-refractivity contribution in [3.05, 3.63) is 69.4 Å². The number of non-ortho nitro benzene ring substituents is 1. The summed E-state index contributed by atoms with van der Waals surface area (Å²) in [6.07, 6.45) is 0. The Bertz CT molecular complexity index is 929. The zero-order valence-corrected chi connectivity index (χ0v) is 14.4. The van der Waals surface area contributed by atoms with Crippen molar-refractivity contribution in [3.8, 4) is 5.75 Å². The number of nitro groups is 1. The van der Waals surface area contributed by atoms with Gasteiger partial charge < -0.3 is 10.1 Å². The van der Waals surface area contributed by atoms with Crippen LogP contribution < -0.4 is 10.1 Å². The van der Waals surface area contributed by atoms with Crippen LogP contribution in [-0.2, 0) is 0 Å². The third kappa shape index (κ3) is 3.49. The molecule has 1 unspecified atom stereocenters. The normalized spacial score (nSPS) is 12.0. The Hall–Kier alpha value is -2.86. The van der Waals surface area contributed by atoms with Gasteiger partial charge in [0.25, 0.3) is 5.69 Å². The molecule has 6 nitrogen and oxygen atoms in total. The average Bonchev–Trinajstić information content (AvgIpc) is 2.61. The van der Waals surface area contributed by atoms with E-state index in [1.54, 1.807) is 25.3 Å². The lowest BCUT2D eigenvalue weighted by Crippen LogP contribution is -2.07. The van der Waals surface area contributed by atoms with Gasteiger partial charge in [-0.05, 0) is 24.6 Å². The van der Waals surface area contributed by atoms with Crippen molar-refractivity contribution in [1.29, 1.82) is 0 Å². The van der Waals surface area contributed by atoms with Gasteiger partial charge in [-0.15, -0.1) is 0 Å². The van der Waals surface area contributed by atoms with Crippen molar-refractivity contribution in [3.63, 3.8) is 0 Å². The van der Waals surface area contributed by atoms with Gasteiger partial charge >= 0.3 is 0 Å². The van der Waals surface area contributed by atoms with Gasteiger partial charge in [0.15, 0.2) is 0 Å². The highest BCUT2D eigenvalue weighted by Crippen LogP contribution is 2.33. The Morgan fingerprint density at radius 1 is 1.24 bits per heavy atom. The maximum Gasteiger partial charge on any atom is 0.269 e. The number of nitrogens with zero attached hydrogens (tertiary/aromatic N) is 2. The number of halogens is 1. The number of hydrogen-bond acceptors (Lipinski definition) is 5. The summed E-state index contributed by atoms with van der Waals surface area (Å²) in [5.41, 5.74) is 2.49. The lowest BCUT2D eigenvalue weighted by atomic mass is 10.1.